The molecule has 2 aromatic rings. The number of Topliss-reactive ketones (excluding diaryl/α,β-unsaturated/α-hetero) is 1. The van der Waals surface area contributed by atoms with Gasteiger partial charge >= 0.3 is 0 Å². The second-order valence-corrected chi connectivity index (χ2v) is 4.97. The van der Waals surface area contributed by atoms with Crippen LogP contribution in [0.25, 0.3) is 0 Å². The second-order valence-electron chi connectivity index (χ2n) is 4.97. The number of carbonyl (C=O) groups is 1. The molecule has 0 fully saturated rings. The van der Waals surface area contributed by atoms with Crippen molar-refractivity contribution in [1.29, 1.82) is 0 Å². The fraction of sp³-hybridized carbons (Fsp3) is 0.188. The number of ketones is 1. The molecule has 0 bridgehead atoms. The first-order valence-electron chi connectivity index (χ1n) is 6.53. The molecule has 0 saturated carbocycles. The lowest BCUT2D eigenvalue weighted by Crippen LogP contribution is -2.18. The lowest BCUT2D eigenvalue weighted by Gasteiger charge is -2.18. The molecule has 0 radical (unpaired) electrons. The minimum absolute atomic E-state index is 0.0695. The third-order valence-corrected chi connectivity index (χ3v) is 3.30. The largest absolute Gasteiger partial charge is 0.324 e. The van der Waals surface area contributed by atoms with Gasteiger partial charge in [-0.3, -0.25) is 4.79 Å². The van der Waals surface area contributed by atoms with Crippen molar-refractivity contribution < 1.29 is 4.79 Å². The minimum atomic E-state index is 0.0695. The average molecular weight is 265 g/mol. The van der Waals surface area contributed by atoms with Gasteiger partial charge in [-0.25, -0.2) is 9.97 Å². The molecule has 100 valence electrons. The van der Waals surface area contributed by atoms with E-state index in [0.717, 1.165) is 22.6 Å². The van der Waals surface area contributed by atoms with Crippen LogP contribution in [0.1, 0.15) is 28.2 Å². The Hall–Kier alpha value is -2.49. The van der Waals surface area contributed by atoms with Gasteiger partial charge in [0.05, 0.1) is 17.0 Å². The maximum Gasteiger partial charge on any atom is 0.227 e. The normalized spacial score (nSPS) is 14.1. The summed E-state index contributed by atoms with van der Waals surface area (Å²) in [6, 6.07) is 9.73. The number of rotatable bonds is 2. The van der Waals surface area contributed by atoms with E-state index in [1.807, 2.05) is 37.3 Å². The van der Waals surface area contributed by atoms with Crippen LogP contribution in [0, 0.1) is 6.92 Å². The van der Waals surface area contributed by atoms with Gasteiger partial charge in [-0.05, 0) is 19.1 Å². The van der Waals surface area contributed by atoms with Crippen LogP contribution in [0.2, 0.25) is 0 Å². The van der Waals surface area contributed by atoms with Gasteiger partial charge in [0.25, 0.3) is 0 Å². The summed E-state index contributed by atoms with van der Waals surface area (Å²) in [7, 11) is 0. The fourth-order valence-electron chi connectivity index (χ4n) is 2.44. The quantitative estimate of drug-likeness (QED) is 0.847. The summed E-state index contributed by atoms with van der Waals surface area (Å²) in [4.78, 5) is 20.9. The van der Waals surface area contributed by atoms with Crippen LogP contribution < -0.4 is 5.32 Å². The van der Waals surface area contributed by atoms with Gasteiger partial charge in [0.2, 0.25) is 5.95 Å². The number of nitrogens with one attached hydrogen (secondary N) is 1. The predicted octanol–water partition coefficient (Wildman–Crippen LogP) is 3.21. The van der Waals surface area contributed by atoms with Gasteiger partial charge in [0.1, 0.15) is 0 Å². The van der Waals surface area contributed by atoms with Crippen molar-refractivity contribution in [1.82, 2.24) is 9.97 Å². The van der Waals surface area contributed by atoms with Crippen molar-refractivity contribution >= 4 is 17.4 Å². The molecular formula is C16H15N3O. The number of anilines is 2. The Labute approximate surface area is 117 Å². The van der Waals surface area contributed by atoms with E-state index in [4.69, 9.17) is 0 Å². The number of para-hydroxylation sites is 1. The van der Waals surface area contributed by atoms with Crippen LogP contribution in [-0.2, 0) is 6.42 Å². The van der Waals surface area contributed by atoms with E-state index in [1.165, 1.54) is 0 Å². The molecule has 3 rings (SSSR count). The lowest BCUT2D eigenvalue weighted by atomic mass is 9.90. The standard InChI is InChI=1S/C16H15N3O/c1-10-8-13-15(14(20)9-10)11(2)17-16(19-13)18-12-6-4-3-5-7-12/h3-7H,1,8-9H2,2H3,(H,17,18,19). The van der Waals surface area contributed by atoms with E-state index in [0.29, 0.717) is 24.4 Å². The van der Waals surface area contributed by atoms with Gasteiger partial charge < -0.3 is 5.32 Å². The predicted molar refractivity (Wildman–Crippen MR) is 78.3 cm³/mol. The highest BCUT2D eigenvalue weighted by Crippen LogP contribution is 2.26. The van der Waals surface area contributed by atoms with Crippen LogP contribution in [0.15, 0.2) is 42.5 Å². The smallest absolute Gasteiger partial charge is 0.227 e. The Balaban J connectivity index is 1.99. The topological polar surface area (TPSA) is 54.9 Å². The molecule has 1 aliphatic carbocycles. The zero-order chi connectivity index (χ0) is 14.1. The van der Waals surface area contributed by atoms with Crippen LogP contribution in [0.3, 0.4) is 0 Å². The highest BCUT2D eigenvalue weighted by molar-refractivity contribution is 6.01. The Morgan fingerprint density at radius 1 is 1.15 bits per heavy atom. The molecule has 0 atom stereocenters. The van der Waals surface area contributed by atoms with Crippen LogP contribution >= 0.6 is 0 Å². The molecule has 0 aliphatic heterocycles. The van der Waals surface area contributed by atoms with Crippen molar-refractivity contribution in [2.24, 2.45) is 0 Å². The number of hydrogen-bond donors (Lipinski definition) is 1. The van der Waals surface area contributed by atoms with E-state index in [-0.39, 0.29) is 5.78 Å². The summed E-state index contributed by atoms with van der Waals surface area (Å²) in [5.74, 6) is 0.593. The van der Waals surface area contributed by atoms with E-state index in [2.05, 4.69) is 21.9 Å². The molecule has 20 heavy (non-hydrogen) atoms. The number of aryl methyl sites for hydroxylation is 1. The van der Waals surface area contributed by atoms with Crippen LogP contribution in [0.4, 0.5) is 11.6 Å². The first kappa shape index (κ1) is 12.5. The molecular weight excluding hydrogens is 250 g/mol. The van der Waals surface area contributed by atoms with Crippen molar-refractivity contribution in [3.63, 3.8) is 0 Å². The Morgan fingerprint density at radius 3 is 2.65 bits per heavy atom. The number of benzene rings is 1. The Bertz CT molecular complexity index is 692. The number of fused-ring (bicyclic) bond motifs is 1. The molecule has 1 heterocycles. The monoisotopic (exact) mass is 265 g/mol. The van der Waals surface area contributed by atoms with Gasteiger partial charge in [-0.1, -0.05) is 30.4 Å². The molecule has 4 nitrogen and oxygen atoms in total. The molecule has 4 heteroatoms. The highest BCUT2D eigenvalue weighted by atomic mass is 16.1. The minimum Gasteiger partial charge on any atom is -0.324 e. The summed E-state index contributed by atoms with van der Waals surface area (Å²) in [5.41, 5.74) is 4.00. The summed E-state index contributed by atoms with van der Waals surface area (Å²) >= 11 is 0. The summed E-state index contributed by atoms with van der Waals surface area (Å²) in [6.07, 6.45) is 1.05. The summed E-state index contributed by atoms with van der Waals surface area (Å²) < 4.78 is 0. The third-order valence-electron chi connectivity index (χ3n) is 3.30. The molecule has 1 aliphatic rings. The van der Waals surface area contributed by atoms with E-state index < -0.39 is 0 Å². The number of hydrogen-bond acceptors (Lipinski definition) is 4. The zero-order valence-electron chi connectivity index (χ0n) is 11.3. The maximum atomic E-state index is 12.0. The fourth-order valence-corrected chi connectivity index (χ4v) is 2.44. The van der Waals surface area contributed by atoms with E-state index in [9.17, 15) is 4.79 Å². The van der Waals surface area contributed by atoms with Crippen molar-refractivity contribution in [3.8, 4) is 0 Å². The van der Waals surface area contributed by atoms with Gasteiger partial charge in [0, 0.05) is 18.5 Å². The maximum absolute atomic E-state index is 12.0. The SMILES string of the molecule is C=C1CC(=O)c2c(C)nc(Nc3ccccc3)nc2C1. The Kier molecular flexibility index (Phi) is 3.06. The third kappa shape index (κ3) is 2.32. The summed E-state index contributed by atoms with van der Waals surface area (Å²) in [6.45, 7) is 5.76. The number of carbonyl (C=O) groups excluding carboxylic acids is 1. The van der Waals surface area contributed by atoms with Gasteiger partial charge in [0.15, 0.2) is 5.78 Å². The molecule has 1 N–H and O–H groups in total. The molecule has 1 aromatic carbocycles. The summed E-state index contributed by atoms with van der Waals surface area (Å²) in [5, 5.41) is 3.16. The number of nitrogens with zero attached hydrogens (tertiary/aromatic N) is 2. The van der Waals surface area contributed by atoms with Crippen LogP contribution in [-0.4, -0.2) is 15.8 Å². The highest BCUT2D eigenvalue weighted by Gasteiger charge is 2.24. The van der Waals surface area contributed by atoms with E-state index >= 15 is 0 Å². The first-order chi connectivity index (χ1) is 9.63. The van der Waals surface area contributed by atoms with Gasteiger partial charge in [-0.2, -0.15) is 0 Å². The van der Waals surface area contributed by atoms with Crippen LogP contribution in [0.5, 0.6) is 0 Å². The molecule has 1 aromatic heterocycles. The lowest BCUT2D eigenvalue weighted by molar-refractivity contribution is 0.0985. The van der Waals surface area contributed by atoms with E-state index in [1.54, 1.807) is 0 Å². The number of allylic oxidation sites excluding steroid dienone is 1. The van der Waals surface area contributed by atoms with Crippen molar-refractivity contribution in [2.75, 3.05) is 5.32 Å². The van der Waals surface area contributed by atoms with Gasteiger partial charge in [-0.15, -0.1) is 0 Å². The Morgan fingerprint density at radius 2 is 1.90 bits per heavy atom. The second kappa shape index (κ2) is 4.89. The van der Waals surface area contributed by atoms with Crippen molar-refractivity contribution in [3.05, 3.63) is 59.4 Å². The number of aromatic nitrogens is 2. The molecule has 0 saturated heterocycles. The molecule has 0 spiro atoms. The average Bonchev–Trinajstić information content (AvgIpc) is 2.38. The molecule has 0 amide bonds. The van der Waals surface area contributed by atoms with Crippen molar-refractivity contribution in [2.45, 2.75) is 19.8 Å². The zero-order valence-corrected chi connectivity index (χ0v) is 11.3. The molecule has 0 unspecified atom stereocenters. The first-order valence-corrected chi connectivity index (χ1v) is 6.53.